The highest BCUT2D eigenvalue weighted by Gasteiger charge is 2.26. The molecule has 1 N–H and O–H groups in total. The van der Waals surface area contributed by atoms with Crippen molar-refractivity contribution in [1.82, 2.24) is 0 Å². The van der Waals surface area contributed by atoms with Gasteiger partial charge in [0.2, 0.25) is 0 Å². The van der Waals surface area contributed by atoms with Crippen LogP contribution in [0.3, 0.4) is 0 Å². The van der Waals surface area contributed by atoms with Gasteiger partial charge in [0.05, 0.1) is 34.4 Å². The number of phosphoric acid groups is 1. The molecule has 0 fully saturated rings. The van der Waals surface area contributed by atoms with Crippen LogP contribution in [0.2, 0.25) is 0 Å². The van der Waals surface area contributed by atoms with E-state index in [4.69, 9.17) is 18.5 Å². The monoisotopic (exact) mass is 863 g/mol. The van der Waals surface area contributed by atoms with Gasteiger partial charge in [0.25, 0.3) is 0 Å². The van der Waals surface area contributed by atoms with Crippen LogP contribution < -0.4 is 0 Å². The summed E-state index contributed by atoms with van der Waals surface area (Å²) in [5.41, 5.74) is 0. The van der Waals surface area contributed by atoms with Crippen molar-refractivity contribution in [1.29, 1.82) is 0 Å². The molecule has 0 aliphatic rings. The van der Waals surface area contributed by atoms with Crippen LogP contribution in [0.1, 0.15) is 187 Å². The second-order valence-electron chi connectivity index (χ2n) is 17.1. The molecule has 0 aliphatic carbocycles. The molecule has 60 heavy (non-hydrogen) atoms. The number of carbonyl (C=O) groups excluding carboxylic acids is 1. The van der Waals surface area contributed by atoms with E-state index in [0.717, 1.165) is 83.5 Å². The largest absolute Gasteiger partial charge is 0.472 e. The van der Waals surface area contributed by atoms with Crippen molar-refractivity contribution >= 4 is 13.8 Å². The minimum absolute atomic E-state index is 0.0811. The number of phosphoric ester groups is 1. The maximum atomic E-state index is 12.7. The van der Waals surface area contributed by atoms with Crippen molar-refractivity contribution in [2.24, 2.45) is 0 Å². The Morgan fingerprint density at radius 2 is 0.967 bits per heavy atom. The number of quaternary nitrogens is 1. The van der Waals surface area contributed by atoms with Gasteiger partial charge < -0.3 is 18.9 Å². The van der Waals surface area contributed by atoms with Crippen molar-refractivity contribution in [2.75, 3.05) is 54.1 Å². The maximum absolute atomic E-state index is 12.7. The van der Waals surface area contributed by atoms with Gasteiger partial charge in [-0.2, -0.15) is 0 Å². The molecule has 0 amide bonds. The zero-order valence-electron chi connectivity index (χ0n) is 39.4. The summed E-state index contributed by atoms with van der Waals surface area (Å²) < 4.78 is 35.1. The second-order valence-corrected chi connectivity index (χ2v) is 18.6. The van der Waals surface area contributed by atoms with Gasteiger partial charge in [0.15, 0.2) is 0 Å². The predicted octanol–water partition coefficient (Wildman–Crippen LogP) is 14.7. The normalized spacial score (nSPS) is 14.3. The lowest BCUT2D eigenvalue weighted by Crippen LogP contribution is -2.37. The first-order chi connectivity index (χ1) is 29.1. The van der Waals surface area contributed by atoms with Gasteiger partial charge in [-0.15, -0.1) is 0 Å². The van der Waals surface area contributed by atoms with Crippen molar-refractivity contribution in [3.05, 3.63) is 72.9 Å². The highest BCUT2D eigenvalue weighted by molar-refractivity contribution is 7.47. The van der Waals surface area contributed by atoms with E-state index in [1.165, 1.54) is 83.5 Å². The quantitative estimate of drug-likeness (QED) is 0.0214. The van der Waals surface area contributed by atoms with E-state index in [-0.39, 0.29) is 25.8 Å². The van der Waals surface area contributed by atoms with Gasteiger partial charge >= 0.3 is 13.8 Å². The Hall–Kier alpha value is -2.06. The topological polar surface area (TPSA) is 91.3 Å². The fraction of sp³-hybridized carbons (Fsp3) is 0.745. The molecule has 2 atom stereocenters. The SMILES string of the molecule is CC/C=C\C/C=C\C/C=C\C/C=C\CCCCCCCCCCCOCC(COP(=O)(O)OCC[N+](C)(C)C)OC(=O)CCCCCCC/C=C\C/C=C\CCCCCC. The van der Waals surface area contributed by atoms with E-state index in [1.54, 1.807) is 0 Å². The predicted molar refractivity (Wildman–Crippen MR) is 256 cm³/mol. The van der Waals surface area contributed by atoms with Crippen LogP contribution >= 0.6 is 7.82 Å². The highest BCUT2D eigenvalue weighted by atomic mass is 31.2. The molecule has 0 heterocycles. The third kappa shape index (κ3) is 47.0. The Kier molecular flexibility index (Phi) is 42.1. The lowest BCUT2D eigenvalue weighted by Gasteiger charge is -2.24. The van der Waals surface area contributed by atoms with E-state index in [1.807, 2.05) is 21.1 Å². The van der Waals surface area contributed by atoms with Crippen molar-refractivity contribution < 1.29 is 37.3 Å². The summed E-state index contributed by atoms with van der Waals surface area (Å²) in [5.74, 6) is -0.331. The van der Waals surface area contributed by atoms with Crippen LogP contribution in [0.25, 0.3) is 0 Å². The molecule has 0 spiro atoms. The Morgan fingerprint density at radius 1 is 0.533 bits per heavy atom. The summed E-state index contributed by atoms with van der Waals surface area (Å²) in [6, 6.07) is 0. The molecule has 0 saturated carbocycles. The Bertz CT molecular complexity index is 1190. The van der Waals surface area contributed by atoms with Crippen LogP contribution in [0.5, 0.6) is 0 Å². The Labute approximate surface area is 370 Å². The molecule has 0 bridgehead atoms. The number of rotatable bonds is 44. The molecule has 9 heteroatoms. The van der Waals surface area contributed by atoms with E-state index in [0.29, 0.717) is 24.1 Å². The molecular weight excluding hydrogens is 770 g/mol. The van der Waals surface area contributed by atoms with E-state index < -0.39 is 13.9 Å². The smallest absolute Gasteiger partial charge is 0.457 e. The average molecular weight is 863 g/mol. The summed E-state index contributed by atoms with van der Waals surface area (Å²) in [7, 11) is 1.64. The lowest BCUT2D eigenvalue weighted by atomic mass is 10.1. The molecule has 0 aromatic heterocycles. The Morgan fingerprint density at radius 3 is 1.45 bits per heavy atom. The van der Waals surface area contributed by atoms with Crippen LogP contribution in [-0.2, 0) is 27.9 Å². The number of ether oxygens (including phenoxy) is 2. The fourth-order valence-corrected chi connectivity index (χ4v) is 7.02. The Balaban J connectivity index is 4.21. The van der Waals surface area contributed by atoms with Crippen LogP contribution in [0.15, 0.2) is 72.9 Å². The summed E-state index contributed by atoms with van der Waals surface area (Å²) >= 11 is 0. The fourth-order valence-electron chi connectivity index (χ4n) is 6.28. The van der Waals surface area contributed by atoms with Gasteiger partial charge in [-0.1, -0.05) is 170 Å². The number of hydrogen-bond donors (Lipinski definition) is 1. The number of likely N-dealkylation sites (N-methyl/N-ethyl adjacent to an activating group) is 1. The van der Waals surface area contributed by atoms with Gasteiger partial charge in [-0.3, -0.25) is 13.8 Å². The van der Waals surface area contributed by atoms with Crippen LogP contribution in [0.4, 0.5) is 0 Å². The summed E-state index contributed by atoms with van der Waals surface area (Å²) in [6.07, 6.45) is 56.5. The zero-order valence-corrected chi connectivity index (χ0v) is 40.3. The first-order valence-electron chi connectivity index (χ1n) is 24.2. The molecule has 0 saturated heterocycles. The van der Waals surface area contributed by atoms with E-state index in [2.05, 4.69) is 86.8 Å². The minimum atomic E-state index is -4.29. The zero-order chi connectivity index (χ0) is 44.1. The molecule has 0 aliphatic heterocycles. The van der Waals surface area contributed by atoms with Crippen molar-refractivity contribution in [3.8, 4) is 0 Å². The molecular formula is C51H93NO7P+. The standard InChI is InChI=1S/C51H92NO7P/c1-6-8-10-12-14-16-18-20-22-24-25-26-27-28-29-31-33-35-37-39-41-43-46-56-48-50(49-58-60(54,55)57-47-45-52(3,4)5)59-51(53)44-42-40-38-36-34-32-30-23-21-19-17-15-13-11-9-7-2/h8,10,14,16-17,19-20,22-23,25-26,30,50H,6-7,9,11-13,15,18,21,24,27-29,31-49H2,1-5H3/p+1/b10-8-,16-14-,19-17-,22-20-,26-25-,30-23-. The molecule has 0 rings (SSSR count). The summed E-state index contributed by atoms with van der Waals surface area (Å²) in [5, 5.41) is 0. The van der Waals surface area contributed by atoms with Crippen molar-refractivity contribution in [3.63, 3.8) is 0 Å². The first kappa shape index (κ1) is 57.9. The average Bonchev–Trinajstić information content (AvgIpc) is 3.20. The van der Waals surface area contributed by atoms with Gasteiger partial charge in [-0.05, 0) is 83.5 Å². The van der Waals surface area contributed by atoms with Crippen molar-refractivity contribution in [2.45, 2.75) is 193 Å². The third-order valence-corrected chi connectivity index (χ3v) is 11.0. The summed E-state index contributed by atoms with van der Waals surface area (Å²) in [6.45, 7) is 5.45. The third-order valence-electron chi connectivity index (χ3n) is 10.0. The lowest BCUT2D eigenvalue weighted by molar-refractivity contribution is -0.870. The minimum Gasteiger partial charge on any atom is -0.457 e. The molecule has 0 aromatic rings. The van der Waals surface area contributed by atoms with Gasteiger partial charge in [-0.25, -0.2) is 4.57 Å². The number of carbonyl (C=O) groups is 1. The number of nitrogens with zero attached hydrogens (tertiary/aromatic N) is 1. The van der Waals surface area contributed by atoms with Gasteiger partial charge in [0, 0.05) is 13.0 Å². The number of unbranched alkanes of at least 4 members (excludes halogenated alkanes) is 18. The first-order valence-corrected chi connectivity index (χ1v) is 25.7. The number of hydrogen-bond acceptors (Lipinski definition) is 6. The molecule has 2 unspecified atom stereocenters. The molecule has 0 aromatic carbocycles. The number of esters is 1. The number of allylic oxidation sites excluding steroid dienone is 12. The second kappa shape index (κ2) is 43.6. The van der Waals surface area contributed by atoms with E-state index in [9.17, 15) is 14.3 Å². The molecule has 8 nitrogen and oxygen atoms in total. The molecule has 0 radical (unpaired) electrons. The summed E-state index contributed by atoms with van der Waals surface area (Å²) in [4.78, 5) is 22.9. The molecule has 348 valence electrons. The highest BCUT2D eigenvalue weighted by Crippen LogP contribution is 2.43. The van der Waals surface area contributed by atoms with Crippen LogP contribution in [-0.4, -0.2) is 75.6 Å². The maximum Gasteiger partial charge on any atom is 0.472 e. The van der Waals surface area contributed by atoms with Gasteiger partial charge in [0.1, 0.15) is 19.3 Å². The van der Waals surface area contributed by atoms with Crippen LogP contribution in [0, 0.1) is 0 Å². The van der Waals surface area contributed by atoms with E-state index >= 15 is 0 Å².